The summed E-state index contributed by atoms with van der Waals surface area (Å²) in [6.45, 7) is 3.81. The third-order valence-electron chi connectivity index (χ3n) is 5.89. The van der Waals surface area contributed by atoms with Crippen molar-refractivity contribution in [2.45, 2.75) is 36.6 Å². The van der Waals surface area contributed by atoms with Gasteiger partial charge in [-0.15, -0.1) is 0 Å². The average molecular weight is 440 g/mol. The number of benzene rings is 3. The van der Waals surface area contributed by atoms with E-state index in [1.165, 1.54) is 0 Å². The van der Waals surface area contributed by atoms with Gasteiger partial charge in [0.25, 0.3) is 10.0 Å². The molecule has 1 fully saturated rings. The van der Waals surface area contributed by atoms with Gasteiger partial charge in [0, 0.05) is 5.02 Å². The lowest BCUT2D eigenvalue weighted by Crippen LogP contribution is -2.67. The van der Waals surface area contributed by atoms with Crippen LogP contribution in [0.15, 0.2) is 83.8 Å². The number of nitrogens with zero attached hydrogens (tertiary/aromatic N) is 1. The summed E-state index contributed by atoms with van der Waals surface area (Å²) in [6.07, 6.45) is 0.475. The van der Waals surface area contributed by atoms with Crippen LogP contribution in [0.25, 0.3) is 0 Å². The Morgan fingerprint density at radius 3 is 2.10 bits per heavy atom. The SMILES string of the molecule is CC[C@@]1(c2ccccc2)C(=O)N(S(=O)(=O)c2ccc(C)cc2)[C@@H]1c1ccc(Cl)cc1. The van der Waals surface area contributed by atoms with Gasteiger partial charge in [0.15, 0.2) is 0 Å². The lowest BCUT2D eigenvalue weighted by molar-refractivity contribution is -0.151. The van der Waals surface area contributed by atoms with E-state index < -0.39 is 27.4 Å². The molecule has 1 amide bonds. The molecule has 30 heavy (non-hydrogen) atoms. The Morgan fingerprint density at radius 2 is 1.53 bits per heavy atom. The van der Waals surface area contributed by atoms with Gasteiger partial charge in [0.2, 0.25) is 5.91 Å². The minimum absolute atomic E-state index is 0.109. The molecule has 154 valence electrons. The average Bonchev–Trinajstić information content (AvgIpc) is 2.74. The number of amides is 1. The number of β-lactam (4-membered cyclic amide) rings is 1. The first-order valence-corrected chi connectivity index (χ1v) is 11.6. The van der Waals surface area contributed by atoms with Crippen LogP contribution < -0.4 is 0 Å². The molecule has 1 heterocycles. The molecule has 0 aromatic heterocycles. The zero-order chi connectivity index (χ0) is 21.5. The Bertz CT molecular complexity index is 1180. The van der Waals surface area contributed by atoms with Gasteiger partial charge in [-0.05, 0) is 48.7 Å². The maximum atomic E-state index is 13.6. The van der Waals surface area contributed by atoms with E-state index in [-0.39, 0.29) is 4.90 Å². The van der Waals surface area contributed by atoms with E-state index in [0.717, 1.165) is 21.0 Å². The van der Waals surface area contributed by atoms with Gasteiger partial charge in [0.1, 0.15) is 5.41 Å². The second-order valence-electron chi connectivity index (χ2n) is 7.56. The number of rotatable bonds is 5. The molecule has 0 unspecified atom stereocenters. The summed E-state index contributed by atoms with van der Waals surface area (Å²) in [5.74, 6) is -0.406. The van der Waals surface area contributed by atoms with Gasteiger partial charge in [-0.1, -0.05) is 78.7 Å². The van der Waals surface area contributed by atoms with Gasteiger partial charge in [-0.25, -0.2) is 12.7 Å². The molecule has 3 aromatic carbocycles. The molecule has 1 aliphatic rings. The van der Waals surface area contributed by atoms with Gasteiger partial charge < -0.3 is 0 Å². The van der Waals surface area contributed by atoms with Gasteiger partial charge in [0.05, 0.1) is 10.9 Å². The fourth-order valence-electron chi connectivity index (χ4n) is 4.27. The summed E-state index contributed by atoms with van der Waals surface area (Å²) in [5, 5.41) is 0.555. The molecular weight excluding hydrogens is 418 g/mol. The Hall–Kier alpha value is -2.63. The van der Waals surface area contributed by atoms with E-state index >= 15 is 0 Å². The number of hydrogen-bond acceptors (Lipinski definition) is 3. The highest BCUT2D eigenvalue weighted by Crippen LogP contribution is 2.56. The third-order valence-corrected chi connectivity index (χ3v) is 7.91. The van der Waals surface area contributed by atoms with Crippen LogP contribution in [0.1, 0.15) is 36.1 Å². The standard InChI is InChI=1S/C24H22ClNO3S/c1-3-24(19-7-5-4-6-8-19)22(18-11-13-20(25)14-12-18)26(23(24)27)30(28,29)21-15-9-17(2)10-16-21/h4-16,22H,3H2,1-2H3/t22-,24+/m1/s1. The molecule has 0 aliphatic carbocycles. The number of sulfonamides is 1. The van der Waals surface area contributed by atoms with E-state index in [1.54, 1.807) is 48.5 Å². The van der Waals surface area contributed by atoms with Crippen LogP contribution in [0.4, 0.5) is 0 Å². The Morgan fingerprint density at radius 1 is 0.933 bits per heavy atom. The maximum absolute atomic E-state index is 13.6. The van der Waals surface area contributed by atoms with Gasteiger partial charge in [-0.2, -0.15) is 0 Å². The molecule has 0 saturated carbocycles. The van der Waals surface area contributed by atoms with Crippen molar-refractivity contribution < 1.29 is 13.2 Å². The summed E-state index contributed by atoms with van der Waals surface area (Å²) >= 11 is 6.07. The third kappa shape index (κ3) is 3.04. The van der Waals surface area contributed by atoms with Gasteiger partial charge >= 0.3 is 0 Å². The van der Waals surface area contributed by atoms with Crippen LogP contribution >= 0.6 is 11.6 Å². The molecule has 0 radical (unpaired) electrons. The number of halogens is 1. The normalized spacial score (nSPS) is 21.4. The molecule has 0 bridgehead atoms. The number of carbonyl (C=O) groups excluding carboxylic acids is 1. The monoisotopic (exact) mass is 439 g/mol. The molecule has 1 aliphatic heterocycles. The molecule has 2 atom stereocenters. The first-order chi connectivity index (χ1) is 14.3. The smallest absolute Gasteiger partial charge is 0.267 e. The van der Waals surface area contributed by atoms with Crippen LogP contribution in [-0.4, -0.2) is 18.6 Å². The summed E-state index contributed by atoms with van der Waals surface area (Å²) in [4.78, 5) is 13.7. The number of aryl methyl sites for hydroxylation is 1. The first-order valence-electron chi connectivity index (χ1n) is 9.79. The van der Waals surface area contributed by atoms with Crippen LogP contribution in [0, 0.1) is 6.92 Å². The molecule has 4 nitrogen and oxygen atoms in total. The van der Waals surface area contributed by atoms with Crippen molar-refractivity contribution in [1.82, 2.24) is 4.31 Å². The van der Waals surface area contributed by atoms with Crippen molar-refractivity contribution in [3.63, 3.8) is 0 Å². The van der Waals surface area contributed by atoms with E-state index in [9.17, 15) is 13.2 Å². The second kappa shape index (κ2) is 7.56. The minimum Gasteiger partial charge on any atom is -0.273 e. The topological polar surface area (TPSA) is 54.5 Å². The maximum Gasteiger partial charge on any atom is 0.267 e. The molecule has 0 N–H and O–H groups in total. The van der Waals surface area contributed by atoms with Crippen LogP contribution in [0.2, 0.25) is 5.02 Å². The highest BCUT2D eigenvalue weighted by Gasteiger charge is 2.65. The quantitative estimate of drug-likeness (QED) is 0.509. The molecule has 1 saturated heterocycles. The van der Waals surface area contributed by atoms with E-state index in [0.29, 0.717) is 11.4 Å². The van der Waals surface area contributed by atoms with Gasteiger partial charge in [-0.3, -0.25) is 4.79 Å². The molecule has 0 spiro atoms. The largest absolute Gasteiger partial charge is 0.273 e. The zero-order valence-electron chi connectivity index (χ0n) is 16.7. The minimum atomic E-state index is -4.01. The van der Waals surface area contributed by atoms with Crippen molar-refractivity contribution in [2.24, 2.45) is 0 Å². The van der Waals surface area contributed by atoms with Crippen molar-refractivity contribution in [3.8, 4) is 0 Å². The molecular formula is C24H22ClNO3S. The Balaban J connectivity index is 1.90. The Labute approximate surface area is 182 Å². The predicted octanol–water partition coefficient (Wildman–Crippen LogP) is 5.27. The van der Waals surface area contributed by atoms with E-state index in [4.69, 9.17) is 11.6 Å². The highest BCUT2D eigenvalue weighted by molar-refractivity contribution is 7.89. The van der Waals surface area contributed by atoms with E-state index in [2.05, 4.69) is 0 Å². The fraction of sp³-hybridized carbons (Fsp3) is 0.208. The lowest BCUT2D eigenvalue weighted by Gasteiger charge is -2.55. The Kier molecular flexibility index (Phi) is 5.20. The molecule has 3 aromatic rings. The van der Waals surface area contributed by atoms with Crippen molar-refractivity contribution in [1.29, 1.82) is 0 Å². The summed E-state index contributed by atoms with van der Waals surface area (Å²) in [6, 6.07) is 22.4. The number of hydrogen-bond donors (Lipinski definition) is 0. The summed E-state index contributed by atoms with van der Waals surface area (Å²) < 4.78 is 28.0. The molecule has 4 rings (SSSR count). The number of carbonyl (C=O) groups is 1. The zero-order valence-corrected chi connectivity index (χ0v) is 18.3. The summed E-state index contributed by atoms with van der Waals surface area (Å²) in [7, 11) is -4.01. The van der Waals surface area contributed by atoms with E-state index in [1.807, 2.05) is 44.2 Å². The second-order valence-corrected chi connectivity index (χ2v) is 9.82. The molecule has 6 heteroatoms. The van der Waals surface area contributed by atoms with Crippen molar-refractivity contribution in [3.05, 3.63) is 101 Å². The van der Waals surface area contributed by atoms with Crippen molar-refractivity contribution in [2.75, 3.05) is 0 Å². The first kappa shape index (κ1) is 20.6. The van der Waals surface area contributed by atoms with Crippen LogP contribution in [-0.2, 0) is 20.2 Å². The predicted molar refractivity (Wildman–Crippen MR) is 118 cm³/mol. The van der Waals surface area contributed by atoms with Crippen LogP contribution in [0.3, 0.4) is 0 Å². The van der Waals surface area contributed by atoms with Crippen molar-refractivity contribution >= 4 is 27.5 Å². The lowest BCUT2D eigenvalue weighted by atomic mass is 9.63. The van der Waals surface area contributed by atoms with Crippen LogP contribution in [0.5, 0.6) is 0 Å². The highest BCUT2D eigenvalue weighted by atomic mass is 35.5. The fourth-order valence-corrected chi connectivity index (χ4v) is 6.06. The summed E-state index contributed by atoms with van der Waals surface area (Å²) in [5.41, 5.74) is 1.55.